The van der Waals surface area contributed by atoms with Gasteiger partial charge in [0.2, 0.25) is 0 Å². The van der Waals surface area contributed by atoms with E-state index in [0.717, 1.165) is 21.2 Å². The first-order valence-corrected chi connectivity index (χ1v) is 5.31. The van der Waals surface area contributed by atoms with E-state index in [0.29, 0.717) is 0 Å². The van der Waals surface area contributed by atoms with Gasteiger partial charge >= 0.3 is 0 Å². The lowest BCUT2D eigenvalue weighted by molar-refractivity contribution is -0.254. The number of rotatable bonds is 2. The summed E-state index contributed by atoms with van der Waals surface area (Å²) >= 11 is 1.23. The van der Waals surface area contributed by atoms with Crippen LogP contribution in [0.3, 0.4) is 0 Å². The van der Waals surface area contributed by atoms with Gasteiger partial charge in [-0.15, -0.1) is 11.3 Å². The zero-order valence-corrected chi connectivity index (χ0v) is 9.06. The number of carbonyl (C=O) groups excluding carboxylic acids is 1. The van der Waals surface area contributed by atoms with Crippen LogP contribution in [0.25, 0.3) is 15.7 Å². The van der Waals surface area contributed by atoms with Crippen molar-refractivity contribution in [1.82, 2.24) is 0 Å². The third-order valence-electron chi connectivity index (χ3n) is 2.22. The van der Waals surface area contributed by atoms with Crippen LogP contribution in [-0.2, 0) is 0 Å². The van der Waals surface area contributed by atoms with Gasteiger partial charge in [-0.2, -0.15) is 0 Å². The summed E-state index contributed by atoms with van der Waals surface area (Å²) in [6.45, 7) is 5.78. The van der Waals surface area contributed by atoms with Crippen molar-refractivity contribution >= 4 is 33.0 Å². The Balaban J connectivity index is 2.75. The Bertz CT molecular complexity index is 552. The Kier molecular flexibility index (Phi) is 2.32. The van der Waals surface area contributed by atoms with Crippen molar-refractivity contribution < 1.29 is 9.90 Å². The summed E-state index contributed by atoms with van der Waals surface area (Å²) in [6.07, 6.45) is 0. The topological polar surface area (TPSA) is 40.1 Å². The van der Waals surface area contributed by atoms with Gasteiger partial charge in [0.05, 0.1) is 10.8 Å². The smallest absolute Gasteiger partial charge is 0.0815 e. The molecule has 1 aromatic carbocycles. The maximum atomic E-state index is 10.7. The van der Waals surface area contributed by atoms with Gasteiger partial charge in [0.25, 0.3) is 0 Å². The van der Waals surface area contributed by atoms with Crippen molar-refractivity contribution in [1.29, 1.82) is 0 Å². The molecule has 0 aliphatic heterocycles. The number of thiophene rings is 1. The Morgan fingerprint density at radius 3 is 2.80 bits per heavy atom. The normalized spacial score (nSPS) is 10.5. The molecule has 0 aliphatic rings. The van der Waals surface area contributed by atoms with Crippen molar-refractivity contribution in [3.8, 4) is 0 Å². The van der Waals surface area contributed by atoms with Crippen LogP contribution in [0.1, 0.15) is 22.2 Å². The third kappa shape index (κ3) is 1.66. The molecule has 15 heavy (non-hydrogen) atoms. The summed E-state index contributed by atoms with van der Waals surface area (Å²) in [5, 5.41) is 11.7. The molecule has 3 heteroatoms. The van der Waals surface area contributed by atoms with Crippen LogP contribution >= 0.6 is 11.3 Å². The van der Waals surface area contributed by atoms with Crippen LogP contribution in [0.15, 0.2) is 30.8 Å². The highest BCUT2D eigenvalue weighted by Crippen LogP contribution is 2.30. The van der Waals surface area contributed by atoms with Gasteiger partial charge in [-0.25, -0.2) is 0 Å². The first-order valence-electron chi connectivity index (χ1n) is 4.49. The lowest BCUT2D eigenvalue weighted by atomic mass is 10.0. The number of carboxylic acids is 1. The van der Waals surface area contributed by atoms with E-state index in [4.69, 9.17) is 0 Å². The molecule has 0 bridgehead atoms. The molecule has 0 radical (unpaired) electrons. The summed E-state index contributed by atoms with van der Waals surface area (Å²) in [4.78, 5) is 11.0. The van der Waals surface area contributed by atoms with Gasteiger partial charge in [-0.3, -0.25) is 0 Å². The maximum Gasteiger partial charge on any atom is 0.0815 e. The lowest BCUT2D eigenvalue weighted by Crippen LogP contribution is -2.20. The van der Waals surface area contributed by atoms with E-state index in [9.17, 15) is 9.90 Å². The molecule has 0 saturated carbocycles. The number of fused-ring (bicyclic) bond motifs is 1. The van der Waals surface area contributed by atoms with Gasteiger partial charge in [0, 0.05) is 10.1 Å². The molecule has 0 spiro atoms. The highest BCUT2D eigenvalue weighted by molar-refractivity contribution is 7.20. The lowest BCUT2D eigenvalue weighted by Gasteiger charge is -2.00. The maximum absolute atomic E-state index is 10.7. The number of carbonyl (C=O) groups is 1. The predicted molar refractivity (Wildman–Crippen MR) is 60.9 cm³/mol. The van der Waals surface area contributed by atoms with E-state index in [1.165, 1.54) is 11.3 Å². The van der Waals surface area contributed by atoms with E-state index >= 15 is 0 Å². The van der Waals surface area contributed by atoms with E-state index in [1.54, 1.807) is 6.07 Å². The second kappa shape index (κ2) is 3.51. The molecule has 2 rings (SSSR count). The van der Waals surface area contributed by atoms with Gasteiger partial charge < -0.3 is 9.90 Å². The number of hydrogen-bond acceptors (Lipinski definition) is 3. The molecular weight excluding hydrogens is 208 g/mol. The van der Waals surface area contributed by atoms with Crippen LogP contribution < -0.4 is 5.11 Å². The Morgan fingerprint density at radius 2 is 2.20 bits per heavy atom. The molecule has 1 heterocycles. The minimum absolute atomic E-state index is 0.263. The van der Waals surface area contributed by atoms with Gasteiger partial charge in [0.1, 0.15) is 0 Å². The number of aromatic carboxylic acids is 1. The number of hydrogen-bond donors (Lipinski definition) is 0. The molecule has 76 valence electrons. The SMILES string of the molecule is C=C(C)c1cccc2sc(C(=O)[O-])cc12. The summed E-state index contributed by atoms with van der Waals surface area (Å²) in [6, 6.07) is 7.40. The average molecular weight is 217 g/mol. The van der Waals surface area contributed by atoms with Gasteiger partial charge in [-0.1, -0.05) is 24.3 Å². The minimum Gasteiger partial charge on any atom is -0.544 e. The fourth-order valence-electron chi connectivity index (χ4n) is 1.53. The standard InChI is InChI=1S/C12H10O2S/c1-7(2)8-4-3-5-10-9(8)6-11(15-10)12(13)14/h3-6H,1H2,2H3,(H,13,14)/p-1. The summed E-state index contributed by atoms with van der Waals surface area (Å²) in [7, 11) is 0. The largest absolute Gasteiger partial charge is 0.544 e. The number of carboxylic acid groups (broad SMARTS) is 1. The third-order valence-corrected chi connectivity index (χ3v) is 3.30. The highest BCUT2D eigenvalue weighted by atomic mass is 32.1. The number of allylic oxidation sites excluding steroid dienone is 1. The summed E-state index contributed by atoms with van der Waals surface area (Å²) < 4.78 is 0.953. The fraction of sp³-hybridized carbons (Fsp3) is 0.0833. The second-order valence-corrected chi connectivity index (χ2v) is 4.48. The average Bonchev–Trinajstić information content (AvgIpc) is 2.60. The quantitative estimate of drug-likeness (QED) is 0.774. The van der Waals surface area contributed by atoms with E-state index in [2.05, 4.69) is 6.58 Å². The van der Waals surface area contributed by atoms with Gasteiger partial charge in [0.15, 0.2) is 0 Å². The molecule has 0 saturated heterocycles. The van der Waals surface area contributed by atoms with Crippen LogP contribution in [0, 0.1) is 0 Å². The van der Waals surface area contributed by atoms with Crippen LogP contribution in [0.2, 0.25) is 0 Å². The van der Waals surface area contributed by atoms with Gasteiger partial charge in [-0.05, 0) is 24.6 Å². The van der Waals surface area contributed by atoms with Crippen LogP contribution in [-0.4, -0.2) is 5.97 Å². The zero-order chi connectivity index (χ0) is 11.0. The van der Waals surface area contributed by atoms with Crippen LogP contribution in [0.4, 0.5) is 0 Å². The molecule has 0 atom stereocenters. The van der Waals surface area contributed by atoms with E-state index < -0.39 is 5.97 Å². The fourth-order valence-corrected chi connectivity index (χ4v) is 2.46. The molecule has 1 aromatic heterocycles. The van der Waals surface area contributed by atoms with Crippen molar-refractivity contribution in [3.05, 3.63) is 41.3 Å². The molecule has 0 N–H and O–H groups in total. The monoisotopic (exact) mass is 217 g/mol. The number of benzene rings is 1. The van der Waals surface area contributed by atoms with Crippen LogP contribution in [0.5, 0.6) is 0 Å². The van der Waals surface area contributed by atoms with Crippen molar-refractivity contribution in [2.75, 3.05) is 0 Å². The molecule has 2 nitrogen and oxygen atoms in total. The summed E-state index contributed by atoms with van der Waals surface area (Å²) in [5.74, 6) is -1.12. The Hall–Kier alpha value is -1.61. The van der Waals surface area contributed by atoms with Crippen molar-refractivity contribution in [2.24, 2.45) is 0 Å². The zero-order valence-electron chi connectivity index (χ0n) is 8.24. The predicted octanol–water partition coefficient (Wildman–Crippen LogP) is 2.30. The highest BCUT2D eigenvalue weighted by Gasteiger charge is 2.06. The Labute approximate surface area is 91.5 Å². The first-order chi connectivity index (χ1) is 7.09. The summed E-state index contributed by atoms with van der Waals surface area (Å²) in [5.41, 5.74) is 1.93. The molecule has 0 amide bonds. The molecular formula is C12H9O2S-. The van der Waals surface area contributed by atoms with Crippen molar-refractivity contribution in [3.63, 3.8) is 0 Å². The van der Waals surface area contributed by atoms with Crippen molar-refractivity contribution in [2.45, 2.75) is 6.92 Å². The second-order valence-electron chi connectivity index (χ2n) is 3.40. The molecule has 2 aromatic rings. The van der Waals surface area contributed by atoms with E-state index in [1.807, 2.05) is 25.1 Å². The van der Waals surface area contributed by atoms with E-state index in [-0.39, 0.29) is 4.88 Å². The molecule has 0 aliphatic carbocycles. The molecule has 0 fully saturated rings. The molecule has 0 unspecified atom stereocenters. The minimum atomic E-state index is -1.12. The Morgan fingerprint density at radius 1 is 1.47 bits per heavy atom. The first kappa shape index (κ1) is 9.93.